The summed E-state index contributed by atoms with van der Waals surface area (Å²) in [6.45, 7) is 5.27. The Morgan fingerprint density at radius 3 is 3.05 bits per heavy atom. The number of hydrogen-bond donors (Lipinski definition) is 1. The minimum absolute atomic E-state index is 0.179. The van der Waals surface area contributed by atoms with Crippen LogP contribution in [-0.4, -0.2) is 30.4 Å². The lowest BCUT2D eigenvalue weighted by Gasteiger charge is -2.16. The molecule has 0 aliphatic heterocycles. The number of rotatable bonds is 8. The monoisotopic (exact) mass is 282 g/mol. The fourth-order valence-electron chi connectivity index (χ4n) is 1.66. The second-order valence-electron chi connectivity index (χ2n) is 4.25. The van der Waals surface area contributed by atoms with Crippen molar-refractivity contribution in [3.05, 3.63) is 23.9 Å². The average molecular weight is 282 g/mol. The molecular formula is C14H22N2O2S. The standard InChI is InChI=1S/C14H22N2O2S/c1-4-8-15-11(2)12-6-5-9-16-14(12)19-10-7-13(17)18-3/h5-6,9,11,15H,4,7-8,10H2,1-3H3. The molecule has 0 fully saturated rings. The lowest BCUT2D eigenvalue weighted by molar-refractivity contribution is -0.140. The van der Waals surface area contributed by atoms with Crippen molar-refractivity contribution in [1.82, 2.24) is 10.3 Å². The zero-order valence-electron chi connectivity index (χ0n) is 11.8. The Hall–Kier alpha value is -1.07. The zero-order valence-corrected chi connectivity index (χ0v) is 12.6. The van der Waals surface area contributed by atoms with E-state index < -0.39 is 0 Å². The molecule has 0 spiro atoms. The van der Waals surface area contributed by atoms with Crippen molar-refractivity contribution in [3.8, 4) is 0 Å². The summed E-state index contributed by atoms with van der Waals surface area (Å²) < 4.78 is 4.63. The number of pyridine rings is 1. The third-order valence-electron chi connectivity index (χ3n) is 2.74. The van der Waals surface area contributed by atoms with Gasteiger partial charge in [-0.3, -0.25) is 4.79 Å². The van der Waals surface area contributed by atoms with Gasteiger partial charge in [-0.05, 0) is 26.0 Å². The van der Waals surface area contributed by atoms with Crippen LogP contribution >= 0.6 is 11.8 Å². The van der Waals surface area contributed by atoms with Crippen LogP contribution in [0.5, 0.6) is 0 Å². The van der Waals surface area contributed by atoms with Crippen LogP contribution in [0.3, 0.4) is 0 Å². The fourth-order valence-corrected chi connectivity index (χ4v) is 2.67. The van der Waals surface area contributed by atoms with Gasteiger partial charge >= 0.3 is 5.97 Å². The van der Waals surface area contributed by atoms with E-state index in [1.165, 1.54) is 12.7 Å². The number of methoxy groups -OCH3 is 1. The summed E-state index contributed by atoms with van der Waals surface area (Å²) in [7, 11) is 1.41. The third kappa shape index (κ3) is 5.61. The number of aromatic nitrogens is 1. The molecule has 4 nitrogen and oxygen atoms in total. The first kappa shape index (κ1) is 16.0. The Labute approximate surface area is 119 Å². The molecule has 1 aromatic rings. The van der Waals surface area contributed by atoms with Gasteiger partial charge in [-0.25, -0.2) is 4.98 Å². The number of thioether (sulfide) groups is 1. The van der Waals surface area contributed by atoms with E-state index in [9.17, 15) is 4.79 Å². The molecule has 1 rings (SSSR count). The Morgan fingerprint density at radius 2 is 2.37 bits per heavy atom. The van der Waals surface area contributed by atoms with E-state index in [-0.39, 0.29) is 12.0 Å². The molecule has 0 aromatic carbocycles. The Morgan fingerprint density at radius 1 is 1.58 bits per heavy atom. The summed E-state index contributed by atoms with van der Waals surface area (Å²) in [6.07, 6.45) is 3.31. The van der Waals surface area contributed by atoms with Crippen LogP contribution in [0.4, 0.5) is 0 Å². The molecule has 1 atom stereocenters. The molecule has 0 aliphatic rings. The lowest BCUT2D eigenvalue weighted by atomic mass is 10.1. The number of nitrogens with zero attached hydrogens (tertiary/aromatic N) is 1. The molecular weight excluding hydrogens is 260 g/mol. The van der Waals surface area contributed by atoms with E-state index in [2.05, 4.69) is 35.0 Å². The summed E-state index contributed by atoms with van der Waals surface area (Å²) in [5.74, 6) is 0.513. The van der Waals surface area contributed by atoms with Gasteiger partial charge in [0.1, 0.15) is 5.03 Å². The predicted molar refractivity (Wildman–Crippen MR) is 78.3 cm³/mol. The highest BCUT2D eigenvalue weighted by atomic mass is 32.2. The van der Waals surface area contributed by atoms with Gasteiger partial charge in [0.15, 0.2) is 0 Å². The van der Waals surface area contributed by atoms with Gasteiger partial charge in [-0.1, -0.05) is 13.0 Å². The maximum atomic E-state index is 11.1. The Balaban J connectivity index is 2.59. The Bertz CT molecular complexity index is 399. The molecule has 5 heteroatoms. The highest BCUT2D eigenvalue weighted by Gasteiger charge is 2.11. The molecule has 19 heavy (non-hydrogen) atoms. The Kier molecular flexibility index (Phi) is 7.52. The first-order valence-corrected chi connectivity index (χ1v) is 7.55. The summed E-state index contributed by atoms with van der Waals surface area (Å²) in [5, 5.41) is 4.44. The van der Waals surface area contributed by atoms with Gasteiger partial charge < -0.3 is 10.1 Å². The van der Waals surface area contributed by atoms with Crippen molar-refractivity contribution in [1.29, 1.82) is 0 Å². The lowest BCUT2D eigenvalue weighted by Crippen LogP contribution is -2.20. The van der Waals surface area contributed by atoms with Crippen LogP contribution < -0.4 is 5.32 Å². The average Bonchev–Trinajstić information content (AvgIpc) is 2.45. The topological polar surface area (TPSA) is 51.2 Å². The summed E-state index contributed by atoms with van der Waals surface area (Å²) in [4.78, 5) is 15.5. The number of ether oxygens (including phenoxy) is 1. The second kappa shape index (κ2) is 8.93. The number of carbonyl (C=O) groups is 1. The molecule has 0 saturated carbocycles. The van der Waals surface area contributed by atoms with E-state index in [4.69, 9.17) is 0 Å². The minimum Gasteiger partial charge on any atom is -0.469 e. The molecule has 1 N–H and O–H groups in total. The van der Waals surface area contributed by atoms with Crippen LogP contribution in [-0.2, 0) is 9.53 Å². The molecule has 106 valence electrons. The molecule has 0 radical (unpaired) electrons. The van der Waals surface area contributed by atoms with Gasteiger partial charge in [-0.15, -0.1) is 11.8 Å². The van der Waals surface area contributed by atoms with Gasteiger partial charge in [0.05, 0.1) is 13.5 Å². The highest BCUT2D eigenvalue weighted by molar-refractivity contribution is 7.99. The van der Waals surface area contributed by atoms with Crippen LogP contribution in [0, 0.1) is 0 Å². The molecule has 1 heterocycles. The third-order valence-corrected chi connectivity index (χ3v) is 3.76. The van der Waals surface area contributed by atoms with Crippen LogP contribution in [0.2, 0.25) is 0 Å². The summed E-state index contributed by atoms with van der Waals surface area (Å²) in [5.41, 5.74) is 1.19. The first-order chi connectivity index (χ1) is 9.19. The van der Waals surface area contributed by atoms with Crippen molar-refractivity contribution in [3.63, 3.8) is 0 Å². The smallest absolute Gasteiger partial charge is 0.306 e. The summed E-state index contributed by atoms with van der Waals surface area (Å²) >= 11 is 1.60. The number of esters is 1. The largest absolute Gasteiger partial charge is 0.469 e. The SMILES string of the molecule is CCCNC(C)c1cccnc1SCCC(=O)OC. The second-order valence-corrected chi connectivity index (χ2v) is 5.33. The highest BCUT2D eigenvalue weighted by Crippen LogP contribution is 2.25. The maximum absolute atomic E-state index is 11.1. The molecule has 0 bridgehead atoms. The van der Waals surface area contributed by atoms with Gasteiger partial charge in [0.25, 0.3) is 0 Å². The van der Waals surface area contributed by atoms with E-state index >= 15 is 0 Å². The number of nitrogens with one attached hydrogen (secondary N) is 1. The minimum atomic E-state index is -0.179. The van der Waals surface area contributed by atoms with Crippen molar-refractivity contribution >= 4 is 17.7 Å². The number of carbonyl (C=O) groups excluding carboxylic acids is 1. The van der Waals surface area contributed by atoms with E-state index in [0.717, 1.165) is 18.0 Å². The van der Waals surface area contributed by atoms with Crippen LogP contribution in [0.1, 0.15) is 38.3 Å². The van der Waals surface area contributed by atoms with Crippen molar-refractivity contribution in [2.24, 2.45) is 0 Å². The van der Waals surface area contributed by atoms with Crippen LogP contribution in [0.25, 0.3) is 0 Å². The number of hydrogen-bond acceptors (Lipinski definition) is 5. The fraction of sp³-hybridized carbons (Fsp3) is 0.571. The maximum Gasteiger partial charge on any atom is 0.306 e. The zero-order chi connectivity index (χ0) is 14.1. The molecule has 0 amide bonds. The van der Waals surface area contributed by atoms with Gasteiger partial charge in [0.2, 0.25) is 0 Å². The van der Waals surface area contributed by atoms with Gasteiger partial charge in [-0.2, -0.15) is 0 Å². The van der Waals surface area contributed by atoms with Crippen molar-refractivity contribution in [2.45, 2.75) is 37.8 Å². The van der Waals surface area contributed by atoms with E-state index in [1.54, 1.807) is 18.0 Å². The van der Waals surface area contributed by atoms with Crippen molar-refractivity contribution < 1.29 is 9.53 Å². The molecule has 0 saturated heterocycles. The van der Waals surface area contributed by atoms with Gasteiger partial charge in [0, 0.05) is 23.6 Å². The molecule has 1 unspecified atom stereocenters. The van der Waals surface area contributed by atoms with Crippen LogP contribution in [0.15, 0.2) is 23.4 Å². The molecule has 1 aromatic heterocycles. The van der Waals surface area contributed by atoms with E-state index in [0.29, 0.717) is 12.2 Å². The summed E-state index contributed by atoms with van der Waals surface area (Å²) in [6, 6.07) is 4.30. The van der Waals surface area contributed by atoms with Crippen molar-refractivity contribution in [2.75, 3.05) is 19.4 Å². The molecule has 0 aliphatic carbocycles. The first-order valence-electron chi connectivity index (χ1n) is 6.57. The normalized spacial score (nSPS) is 12.2. The van der Waals surface area contributed by atoms with E-state index in [1.807, 2.05) is 6.07 Å². The predicted octanol–water partition coefficient (Wildman–Crippen LogP) is 2.80. The quantitative estimate of drug-likeness (QED) is 0.587.